The summed E-state index contributed by atoms with van der Waals surface area (Å²) in [4.78, 5) is 41.6. The highest BCUT2D eigenvalue weighted by molar-refractivity contribution is 5.94. The number of terminal acetylenes is 1. The molecule has 202 valence electrons. The summed E-state index contributed by atoms with van der Waals surface area (Å²) in [7, 11) is 0. The summed E-state index contributed by atoms with van der Waals surface area (Å²) in [5.74, 6) is 2.82. The number of likely N-dealkylation sites (tertiary alicyclic amines) is 1. The Hall–Kier alpha value is -3.79. The summed E-state index contributed by atoms with van der Waals surface area (Å²) in [6.07, 6.45) is 5.60. The van der Waals surface area contributed by atoms with Gasteiger partial charge in [0.15, 0.2) is 0 Å². The Kier molecular flexibility index (Phi) is 8.88. The third-order valence-electron chi connectivity index (χ3n) is 6.05. The van der Waals surface area contributed by atoms with E-state index in [9.17, 15) is 14.4 Å². The monoisotopic (exact) mass is 518 g/mol. The van der Waals surface area contributed by atoms with E-state index >= 15 is 0 Å². The first-order chi connectivity index (χ1) is 17.8. The molecule has 1 aliphatic heterocycles. The fourth-order valence-corrected chi connectivity index (χ4v) is 4.31. The second-order valence-electron chi connectivity index (χ2n) is 11.6. The maximum atomic E-state index is 13.0. The van der Waals surface area contributed by atoms with Crippen molar-refractivity contribution < 1.29 is 23.9 Å². The number of hydrogen-bond acceptors (Lipinski definition) is 5. The Labute approximate surface area is 226 Å². The second kappa shape index (κ2) is 11.7. The number of amides is 3. The molecule has 0 N–H and O–H groups in total. The molecule has 1 heterocycles. The van der Waals surface area contributed by atoms with Crippen LogP contribution >= 0.6 is 0 Å². The van der Waals surface area contributed by atoms with Gasteiger partial charge in [-0.15, -0.1) is 6.42 Å². The van der Waals surface area contributed by atoms with Crippen LogP contribution in [-0.4, -0.2) is 52.2 Å². The van der Waals surface area contributed by atoms with E-state index in [1.807, 2.05) is 35.2 Å². The van der Waals surface area contributed by atoms with E-state index in [-0.39, 0.29) is 18.4 Å². The summed E-state index contributed by atoms with van der Waals surface area (Å²) in [5.41, 5.74) is 1.68. The Morgan fingerprint density at radius 1 is 0.921 bits per heavy atom. The van der Waals surface area contributed by atoms with Crippen molar-refractivity contribution in [1.29, 1.82) is 0 Å². The van der Waals surface area contributed by atoms with Crippen molar-refractivity contribution in [1.82, 2.24) is 9.80 Å². The topological polar surface area (TPSA) is 76.2 Å². The van der Waals surface area contributed by atoms with Crippen molar-refractivity contribution in [3.63, 3.8) is 0 Å². The van der Waals surface area contributed by atoms with Crippen molar-refractivity contribution in [2.75, 3.05) is 13.1 Å². The minimum absolute atomic E-state index is 0.0142. The Morgan fingerprint density at radius 2 is 1.50 bits per heavy atom. The molecule has 0 saturated carbocycles. The van der Waals surface area contributed by atoms with E-state index in [1.165, 1.54) is 0 Å². The van der Waals surface area contributed by atoms with Gasteiger partial charge in [-0.25, -0.2) is 14.5 Å². The molecule has 3 rings (SSSR count). The third kappa shape index (κ3) is 8.11. The minimum Gasteiger partial charge on any atom is -0.443 e. The van der Waals surface area contributed by atoms with Gasteiger partial charge in [-0.1, -0.05) is 36.3 Å². The zero-order valence-electron chi connectivity index (χ0n) is 23.2. The lowest BCUT2D eigenvalue weighted by Gasteiger charge is -2.32. The lowest BCUT2D eigenvalue weighted by Crippen LogP contribution is -2.43. The summed E-state index contributed by atoms with van der Waals surface area (Å²) in [6.45, 7) is 11.8. The molecule has 7 nitrogen and oxygen atoms in total. The van der Waals surface area contributed by atoms with E-state index in [1.54, 1.807) is 59.7 Å². The Bertz CT molecular complexity index is 1180. The third-order valence-corrected chi connectivity index (χ3v) is 6.05. The van der Waals surface area contributed by atoms with Crippen molar-refractivity contribution in [3.8, 4) is 12.3 Å². The van der Waals surface area contributed by atoms with Gasteiger partial charge in [0.25, 0.3) is 5.91 Å². The minimum atomic E-state index is -0.757. The molecule has 1 aliphatic rings. The second-order valence-corrected chi connectivity index (χ2v) is 11.6. The lowest BCUT2D eigenvalue weighted by molar-refractivity contribution is -0.000272. The first kappa shape index (κ1) is 28.8. The average Bonchev–Trinajstić information content (AvgIpc) is 2.85. The predicted octanol–water partition coefficient (Wildman–Crippen LogP) is 6.36. The number of nitrogens with zero attached hydrogens (tertiary/aromatic N) is 2. The largest absolute Gasteiger partial charge is 0.443 e. The first-order valence-electron chi connectivity index (χ1n) is 12.9. The maximum Gasteiger partial charge on any atom is 0.420 e. The van der Waals surface area contributed by atoms with E-state index in [4.69, 9.17) is 15.9 Å². The zero-order chi connectivity index (χ0) is 28.1. The quantitative estimate of drug-likeness (QED) is 0.440. The average molecular weight is 519 g/mol. The first-order valence-corrected chi connectivity index (χ1v) is 12.9. The van der Waals surface area contributed by atoms with Crippen molar-refractivity contribution in [3.05, 3.63) is 70.8 Å². The fraction of sp³-hybridized carbons (Fsp3) is 0.452. The molecular weight excluding hydrogens is 480 g/mol. The molecule has 0 unspecified atom stereocenters. The molecule has 0 radical (unpaired) electrons. The van der Waals surface area contributed by atoms with Crippen LogP contribution in [0.25, 0.3) is 0 Å². The van der Waals surface area contributed by atoms with Crippen LogP contribution in [0.1, 0.15) is 87.4 Å². The van der Waals surface area contributed by atoms with Gasteiger partial charge in [0.05, 0.1) is 6.54 Å². The molecule has 0 bridgehead atoms. The number of piperidine rings is 1. The molecule has 7 heteroatoms. The molecule has 38 heavy (non-hydrogen) atoms. The van der Waals surface area contributed by atoms with E-state index in [2.05, 4.69) is 5.92 Å². The number of hydrogen-bond donors (Lipinski definition) is 0. The summed E-state index contributed by atoms with van der Waals surface area (Å²) >= 11 is 0. The highest BCUT2D eigenvalue weighted by Gasteiger charge is 2.32. The SMILES string of the molecule is C#Cc1cccc(C(=O)N2CCC(c3cccc(CN(C(=O)OC(C)(C)C)C(=O)OC(C)(C)C)c3)CC2)c1. The smallest absolute Gasteiger partial charge is 0.420 e. The maximum absolute atomic E-state index is 13.0. The van der Waals surface area contributed by atoms with E-state index < -0.39 is 23.4 Å². The van der Waals surface area contributed by atoms with Crippen molar-refractivity contribution >= 4 is 18.1 Å². The molecule has 0 aromatic heterocycles. The summed E-state index contributed by atoms with van der Waals surface area (Å²) < 4.78 is 11.0. The van der Waals surface area contributed by atoms with Crippen LogP contribution < -0.4 is 0 Å². The molecule has 2 aromatic rings. The number of ether oxygens (including phenoxy) is 2. The van der Waals surface area contributed by atoms with Gasteiger partial charge in [0, 0.05) is 24.2 Å². The van der Waals surface area contributed by atoms with Gasteiger partial charge in [-0.2, -0.15) is 0 Å². The Morgan fingerprint density at radius 3 is 2.05 bits per heavy atom. The van der Waals surface area contributed by atoms with Gasteiger partial charge in [0.1, 0.15) is 11.2 Å². The van der Waals surface area contributed by atoms with Gasteiger partial charge < -0.3 is 14.4 Å². The number of rotatable bonds is 4. The summed E-state index contributed by atoms with van der Waals surface area (Å²) in [6, 6.07) is 15.0. The summed E-state index contributed by atoms with van der Waals surface area (Å²) in [5, 5.41) is 0. The molecular formula is C31H38N2O5. The number of carbonyl (C=O) groups is 3. The number of carbonyl (C=O) groups excluding carboxylic acids is 3. The van der Waals surface area contributed by atoms with Crippen LogP contribution in [-0.2, 0) is 16.0 Å². The van der Waals surface area contributed by atoms with E-state index in [0.717, 1.165) is 28.9 Å². The van der Waals surface area contributed by atoms with Gasteiger partial charge in [0.2, 0.25) is 0 Å². The van der Waals surface area contributed by atoms with Gasteiger partial charge in [-0.3, -0.25) is 4.79 Å². The van der Waals surface area contributed by atoms with Gasteiger partial charge in [-0.05, 0) is 89.6 Å². The molecule has 3 amide bonds. The molecule has 0 atom stereocenters. The van der Waals surface area contributed by atoms with Crippen LogP contribution in [0.2, 0.25) is 0 Å². The molecule has 2 aromatic carbocycles. The van der Waals surface area contributed by atoms with Crippen LogP contribution in [0.15, 0.2) is 48.5 Å². The van der Waals surface area contributed by atoms with Crippen LogP contribution in [0, 0.1) is 12.3 Å². The van der Waals surface area contributed by atoms with Crippen LogP contribution in [0.4, 0.5) is 9.59 Å². The normalized spacial score (nSPS) is 14.4. The van der Waals surface area contributed by atoms with Crippen molar-refractivity contribution in [2.24, 2.45) is 0 Å². The highest BCUT2D eigenvalue weighted by atomic mass is 16.6. The zero-order valence-corrected chi connectivity index (χ0v) is 23.2. The highest BCUT2D eigenvalue weighted by Crippen LogP contribution is 2.30. The number of benzene rings is 2. The van der Waals surface area contributed by atoms with Crippen LogP contribution in [0.3, 0.4) is 0 Å². The Balaban J connectivity index is 1.70. The van der Waals surface area contributed by atoms with E-state index in [0.29, 0.717) is 24.2 Å². The molecule has 0 aliphatic carbocycles. The fourth-order valence-electron chi connectivity index (χ4n) is 4.31. The predicted molar refractivity (Wildman–Crippen MR) is 147 cm³/mol. The van der Waals surface area contributed by atoms with Gasteiger partial charge >= 0.3 is 12.2 Å². The van der Waals surface area contributed by atoms with Crippen LogP contribution in [0.5, 0.6) is 0 Å². The molecule has 1 saturated heterocycles. The lowest BCUT2D eigenvalue weighted by atomic mass is 9.88. The molecule has 0 spiro atoms. The number of imide groups is 1. The standard InChI is InChI=1S/C31H38N2O5/c1-8-22-11-9-14-26(19-22)27(34)32-17-15-24(16-18-32)25-13-10-12-23(20-25)21-33(28(35)37-30(2,3)4)29(36)38-31(5,6)7/h1,9-14,19-20,24H,15-18,21H2,2-7H3. The molecule has 1 fully saturated rings. The van der Waals surface area contributed by atoms with Crippen molar-refractivity contribution in [2.45, 2.75) is 78.0 Å².